The molecule has 2 heterocycles. The van der Waals surface area contributed by atoms with E-state index in [1.54, 1.807) is 17.6 Å². The highest BCUT2D eigenvalue weighted by Gasteiger charge is 2.16. The van der Waals surface area contributed by atoms with Crippen LogP contribution in [0.5, 0.6) is 0 Å². The molecule has 0 atom stereocenters. The largest absolute Gasteiger partial charge is 0.357 e. The van der Waals surface area contributed by atoms with Crippen LogP contribution in [0, 0.1) is 0 Å². The van der Waals surface area contributed by atoms with Crippen LogP contribution >= 0.6 is 35.2 Å². The average Bonchev–Trinajstić information content (AvgIpc) is 3.32. The molecule has 6 nitrogen and oxygen atoms in total. The van der Waals surface area contributed by atoms with Gasteiger partial charge in [0, 0.05) is 17.1 Å². The van der Waals surface area contributed by atoms with Gasteiger partial charge in [0.05, 0.1) is 6.21 Å². The lowest BCUT2D eigenvalue weighted by Crippen LogP contribution is -2.31. The minimum Gasteiger partial charge on any atom is -0.357 e. The van der Waals surface area contributed by atoms with Gasteiger partial charge in [-0.1, -0.05) is 72.3 Å². The molecule has 0 spiro atoms. The zero-order chi connectivity index (χ0) is 20.9. The molecule has 0 aliphatic rings. The molecule has 0 bridgehead atoms. The van der Waals surface area contributed by atoms with E-state index in [4.69, 9.17) is 28.8 Å². The van der Waals surface area contributed by atoms with Crippen molar-refractivity contribution in [3.8, 4) is 11.3 Å². The van der Waals surface area contributed by atoms with Crippen molar-refractivity contribution < 1.29 is 0 Å². The zero-order valence-electron chi connectivity index (χ0n) is 16.2. The summed E-state index contributed by atoms with van der Waals surface area (Å²) in [6.45, 7) is 2.70. The van der Waals surface area contributed by atoms with Gasteiger partial charge in [-0.05, 0) is 36.3 Å². The second-order valence-electron chi connectivity index (χ2n) is 6.43. The Morgan fingerprint density at radius 3 is 2.70 bits per heavy atom. The van der Waals surface area contributed by atoms with Gasteiger partial charge >= 0.3 is 0 Å². The Bertz CT molecular complexity index is 1180. The molecule has 30 heavy (non-hydrogen) atoms. The monoisotopic (exact) mass is 454 g/mol. The van der Waals surface area contributed by atoms with Gasteiger partial charge in [0.15, 0.2) is 5.11 Å². The summed E-state index contributed by atoms with van der Waals surface area (Å²) in [7, 11) is 0. The van der Waals surface area contributed by atoms with E-state index in [2.05, 4.69) is 27.9 Å². The van der Waals surface area contributed by atoms with Gasteiger partial charge in [-0.2, -0.15) is 10.2 Å². The van der Waals surface area contributed by atoms with Crippen molar-refractivity contribution in [1.82, 2.24) is 25.3 Å². The second-order valence-corrected chi connectivity index (χ2v) is 8.32. The Hall–Kier alpha value is -2.81. The molecule has 0 unspecified atom stereocenters. The number of hydrogen-bond donors (Lipinski definition) is 2. The third kappa shape index (κ3) is 4.67. The zero-order valence-corrected chi connectivity index (χ0v) is 18.6. The highest BCUT2D eigenvalue weighted by Crippen LogP contribution is 2.27. The van der Waals surface area contributed by atoms with E-state index in [1.165, 1.54) is 0 Å². The van der Waals surface area contributed by atoms with Gasteiger partial charge in [0.1, 0.15) is 16.4 Å². The van der Waals surface area contributed by atoms with E-state index < -0.39 is 0 Å². The molecule has 0 fully saturated rings. The van der Waals surface area contributed by atoms with Gasteiger partial charge < -0.3 is 5.32 Å². The topological polar surface area (TPSA) is 66.6 Å². The molecular formula is C21H19ClN6S2. The minimum atomic E-state index is 0.441. The van der Waals surface area contributed by atoms with Crippen molar-refractivity contribution in [3.63, 3.8) is 0 Å². The maximum atomic E-state index is 6.03. The third-order valence-electron chi connectivity index (χ3n) is 4.35. The smallest absolute Gasteiger partial charge is 0.213 e. The molecule has 4 rings (SSSR count). The highest BCUT2D eigenvalue weighted by atomic mass is 35.5. The number of thiocarbonyl (C=S) groups is 1. The first-order valence-corrected chi connectivity index (χ1v) is 11.0. The maximum absolute atomic E-state index is 6.03. The number of hydrazone groups is 1. The van der Waals surface area contributed by atoms with Crippen LogP contribution in [0.1, 0.15) is 23.2 Å². The molecule has 9 heteroatoms. The van der Waals surface area contributed by atoms with Gasteiger partial charge in [-0.25, -0.2) is 9.50 Å². The third-order valence-corrected chi connectivity index (χ3v) is 5.89. The molecular weight excluding hydrogens is 436 g/mol. The van der Waals surface area contributed by atoms with Crippen LogP contribution in [0.3, 0.4) is 0 Å². The summed E-state index contributed by atoms with van der Waals surface area (Å²) in [5.74, 6) is 0. The van der Waals surface area contributed by atoms with Crippen LogP contribution in [-0.2, 0) is 13.0 Å². The standard InChI is InChI=1S/C21H19ClN6S2/c1-2-18-27-28-17(13-24-26-20(29)23-12-14-6-4-3-5-7-14)19(25-21(28)30-18)15-8-10-16(22)11-9-15/h3-11,13H,2,12H2,1H3,(H2,23,26,29)/b24-13+. The fourth-order valence-corrected chi connectivity index (χ4v) is 3.94. The van der Waals surface area contributed by atoms with Crippen LogP contribution in [0.4, 0.5) is 0 Å². The Morgan fingerprint density at radius 1 is 1.20 bits per heavy atom. The first kappa shape index (κ1) is 20.5. The predicted octanol–water partition coefficient (Wildman–Crippen LogP) is 4.67. The number of halogens is 1. The van der Waals surface area contributed by atoms with E-state index >= 15 is 0 Å². The number of aromatic nitrogens is 3. The Morgan fingerprint density at radius 2 is 1.97 bits per heavy atom. The first-order valence-electron chi connectivity index (χ1n) is 9.39. The summed E-state index contributed by atoms with van der Waals surface area (Å²) in [4.78, 5) is 5.59. The summed E-state index contributed by atoms with van der Waals surface area (Å²) in [5, 5.41) is 14.2. The van der Waals surface area contributed by atoms with Crippen molar-refractivity contribution in [2.24, 2.45) is 5.10 Å². The van der Waals surface area contributed by atoms with Gasteiger partial charge in [-0.3, -0.25) is 5.43 Å². The summed E-state index contributed by atoms with van der Waals surface area (Å²) in [5.41, 5.74) is 6.53. The Labute approximate surface area is 188 Å². The lowest BCUT2D eigenvalue weighted by molar-refractivity contribution is 0.866. The molecule has 0 saturated carbocycles. The number of imidazole rings is 1. The quantitative estimate of drug-likeness (QED) is 0.252. The first-order chi connectivity index (χ1) is 14.6. The minimum absolute atomic E-state index is 0.441. The molecule has 0 amide bonds. The van der Waals surface area contributed by atoms with E-state index in [1.807, 2.05) is 59.1 Å². The maximum Gasteiger partial charge on any atom is 0.213 e. The van der Waals surface area contributed by atoms with E-state index in [0.29, 0.717) is 16.7 Å². The second kappa shape index (κ2) is 9.34. The van der Waals surface area contributed by atoms with Crippen LogP contribution in [0.25, 0.3) is 16.2 Å². The number of rotatable bonds is 6. The fourth-order valence-electron chi connectivity index (χ4n) is 2.85. The number of benzene rings is 2. The molecule has 0 saturated heterocycles. The summed E-state index contributed by atoms with van der Waals surface area (Å²) >= 11 is 12.9. The molecule has 0 aliphatic carbocycles. The van der Waals surface area contributed by atoms with Gasteiger partial charge in [0.2, 0.25) is 4.96 Å². The molecule has 0 radical (unpaired) electrons. The summed E-state index contributed by atoms with van der Waals surface area (Å²) in [6, 6.07) is 17.6. The highest BCUT2D eigenvalue weighted by molar-refractivity contribution is 7.80. The molecule has 0 aliphatic heterocycles. The molecule has 4 aromatic rings. The summed E-state index contributed by atoms with van der Waals surface area (Å²) < 4.78 is 1.82. The fraction of sp³-hybridized carbons (Fsp3) is 0.143. The van der Waals surface area contributed by atoms with E-state index in [-0.39, 0.29) is 0 Å². The number of fused-ring (bicyclic) bond motifs is 1. The van der Waals surface area contributed by atoms with Crippen molar-refractivity contribution in [2.75, 3.05) is 0 Å². The molecule has 2 N–H and O–H groups in total. The van der Waals surface area contributed by atoms with E-state index in [0.717, 1.165) is 38.9 Å². The number of nitrogens with zero attached hydrogens (tertiary/aromatic N) is 4. The Balaban J connectivity index is 1.54. The van der Waals surface area contributed by atoms with Crippen LogP contribution in [-0.4, -0.2) is 25.9 Å². The molecule has 2 aromatic carbocycles. The van der Waals surface area contributed by atoms with E-state index in [9.17, 15) is 0 Å². The number of hydrogen-bond acceptors (Lipinski definition) is 5. The normalized spacial score (nSPS) is 11.3. The predicted molar refractivity (Wildman–Crippen MR) is 127 cm³/mol. The SMILES string of the molecule is CCc1nn2c(/C=N/NC(=S)NCc3ccccc3)c(-c3ccc(Cl)cc3)nc2s1. The summed E-state index contributed by atoms with van der Waals surface area (Å²) in [6.07, 6.45) is 2.55. The number of nitrogens with one attached hydrogen (secondary N) is 2. The van der Waals surface area contributed by atoms with Crippen molar-refractivity contribution >= 4 is 51.4 Å². The average molecular weight is 455 g/mol. The van der Waals surface area contributed by atoms with Crippen molar-refractivity contribution in [3.05, 3.63) is 75.9 Å². The van der Waals surface area contributed by atoms with Crippen LogP contribution in [0.2, 0.25) is 5.02 Å². The van der Waals surface area contributed by atoms with Crippen LogP contribution in [0.15, 0.2) is 59.7 Å². The van der Waals surface area contributed by atoms with Gasteiger partial charge in [-0.15, -0.1) is 0 Å². The Kier molecular flexibility index (Phi) is 6.37. The van der Waals surface area contributed by atoms with Crippen molar-refractivity contribution in [2.45, 2.75) is 19.9 Å². The number of aryl methyl sites for hydroxylation is 1. The molecule has 152 valence electrons. The van der Waals surface area contributed by atoms with Crippen LogP contribution < -0.4 is 10.7 Å². The van der Waals surface area contributed by atoms with Crippen molar-refractivity contribution in [1.29, 1.82) is 0 Å². The molecule has 2 aromatic heterocycles. The lowest BCUT2D eigenvalue weighted by atomic mass is 10.1. The van der Waals surface area contributed by atoms with Gasteiger partial charge in [0.25, 0.3) is 0 Å². The lowest BCUT2D eigenvalue weighted by Gasteiger charge is -2.06.